The van der Waals surface area contributed by atoms with E-state index in [9.17, 15) is 13.6 Å². The zero-order valence-corrected chi connectivity index (χ0v) is 9.64. The first kappa shape index (κ1) is 11.2. The molecule has 0 radical (unpaired) electrons. The predicted molar refractivity (Wildman–Crippen MR) is 55.6 cm³/mol. The second-order valence-corrected chi connectivity index (χ2v) is 4.75. The third kappa shape index (κ3) is 1.54. The van der Waals surface area contributed by atoms with E-state index in [1.54, 1.807) is 0 Å². The number of halogens is 3. The number of nitrogens with zero attached hydrogens (tertiary/aromatic N) is 1. The number of hydrogen-bond acceptors (Lipinski definition) is 2. The highest BCUT2D eigenvalue weighted by molar-refractivity contribution is 9.10. The smallest absolute Gasteiger partial charge is 0.136 e. The summed E-state index contributed by atoms with van der Waals surface area (Å²) in [5, 5.41) is 8.98. The van der Waals surface area contributed by atoms with Crippen LogP contribution in [0.25, 0.3) is 0 Å². The average molecular weight is 286 g/mol. The van der Waals surface area contributed by atoms with Gasteiger partial charge >= 0.3 is 0 Å². The van der Waals surface area contributed by atoms with Gasteiger partial charge in [0.15, 0.2) is 0 Å². The van der Waals surface area contributed by atoms with Crippen molar-refractivity contribution in [3.05, 3.63) is 33.8 Å². The number of rotatable bonds is 1. The molecule has 0 bridgehead atoms. The molecule has 1 aromatic carbocycles. The fourth-order valence-corrected chi connectivity index (χ4v) is 2.33. The van der Waals surface area contributed by atoms with Crippen molar-refractivity contribution >= 4 is 21.7 Å². The normalized spacial score (nSPS) is 17.8. The van der Waals surface area contributed by atoms with E-state index < -0.39 is 17.0 Å². The van der Waals surface area contributed by atoms with Gasteiger partial charge in [0.2, 0.25) is 0 Å². The molecule has 0 heterocycles. The lowest BCUT2D eigenvalue weighted by molar-refractivity contribution is -0.126. The monoisotopic (exact) mass is 285 g/mol. The molecule has 1 fully saturated rings. The lowest BCUT2D eigenvalue weighted by Crippen LogP contribution is -2.41. The number of Topliss-reactive ketones (excluding diaryl/α,β-unsaturated/α-hetero) is 1. The maximum Gasteiger partial charge on any atom is 0.136 e. The van der Waals surface area contributed by atoms with E-state index >= 15 is 0 Å². The fourth-order valence-electron chi connectivity index (χ4n) is 1.93. The van der Waals surface area contributed by atoms with Crippen LogP contribution in [0.15, 0.2) is 16.6 Å². The van der Waals surface area contributed by atoms with Crippen molar-refractivity contribution in [2.45, 2.75) is 18.3 Å². The molecular weight excluding hydrogens is 280 g/mol. The van der Waals surface area contributed by atoms with Crippen LogP contribution >= 0.6 is 15.9 Å². The van der Waals surface area contributed by atoms with Gasteiger partial charge in [0, 0.05) is 22.9 Å². The summed E-state index contributed by atoms with van der Waals surface area (Å²) in [4.78, 5) is 10.9. The minimum atomic E-state index is -1.31. The fraction of sp³-hybridized carbons (Fsp3) is 0.273. The van der Waals surface area contributed by atoms with Crippen LogP contribution in [0.2, 0.25) is 0 Å². The minimum absolute atomic E-state index is 0.112. The lowest BCUT2D eigenvalue weighted by atomic mass is 9.64. The number of carbonyl (C=O) groups is 1. The number of hydrogen-bond donors (Lipinski definition) is 0. The largest absolute Gasteiger partial charge is 0.300 e. The summed E-state index contributed by atoms with van der Waals surface area (Å²) in [6, 6.07) is 4.04. The Balaban J connectivity index is 2.57. The molecule has 0 unspecified atom stereocenters. The van der Waals surface area contributed by atoms with E-state index in [4.69, 9.17) is 5.26 Å². The SMILES string of the molecule is N#CC1(c2c(F)cc(Br)cc2F)CC(=O)C1. The Bertz CT molecular complexity index is 490. The molecule has 2 rings (SSSR count). The lowest BCUT2D eigenvalue weighted by Gasteiger charge is -2.34. The van der Waals surface area contributed by atoms with Gasteiger partial charge in [0.25, 0.3) is 0 Å². The van der Waals surface area contributed by atoms with Crippen LogP contribution in [0.3, 0.4) is 0 Å². The number of ketones is 1. The summed E-state index contributed by atoms with van der Waals surface area (Å²) in [7, 11) is 0. The molecule has 0 aromatic heterocycles. The Morgan fingerprint density at radius 1 is 1.31 bits per heavy atom. The van der Waals surface area contributed by atoms with Crippen molar-refractivity contribution in [2.75, 3.05) is 0 Å². The van der Waals surface area contributed by atoms with Gasteiger partial charge in [-0.1, -0.05) is 15.9 Å². The molecule has 0 saturated heterocycles. The topological polar surface area (TPSA) is 40.9 Å². The quantitative estimate of drug-likeness (QED) is 0.796. The maximum absolute atomic E-state index is 13.6. The van der Waals surface area contributed by atoms with Crippen LogP contribution in [0.4, 0.5) is 8.78 Å². The van der Waals surface area contributed by atoms with Crippen molar-refractivity contribution < 1.29 is 13.6 Å². The van der Waals surface area contributed by atoms with Crippen molar-refractivity contribution in [1.29, 1.82) is 5.26 Å². The summed E-state index contributed by atoms with van der Waals surface area (Å²) in [5.74, 6) is -1.73. The molecule has 1 aromatic rings. The van der Waals surface area contributed by atoms with E-state index in [1.807, 2.05) is 6.07 Å². The molecule has 0 atom stereocenters. The standard InChI is InChI=1S/C11H6BrF2NO/c12-6-1-8(13)10(9(14)2-6)11(5-15)3-7(16)4-11/h1-2H,3-4H2. The van der Waals surface area contributed by atoms with Gasteiger partial charge < -0.3 is 0 Å². The molecule has 82 valence electrons. The van der Waals surface area contributed by atoms with E-state index in [-0.39, 0.29) is 28.7 Å². The van der Waals surface area contributed by atoms with Gasteiger partial charge in [0.05, 0.1) is 6.07 Å². The third-order valence-electron chi connectivity index (χ3n) is 2.70. The van der Waals surface area contributed by atoms with Gasteiger partial charge in [-0.15, -0.1) is 0 Å². The first-order valence-corrected chi connectivity index (χ1v) is 5.36. The molecule has 5 heteroatoms. The first-order chi connectivity index (χ1) is 7.48. The van der Waals surface area contributed by atoms with Gasteiger partial charge in [-0.25, -0.2) is 8.78 Å². The zero-order chi connectivity index (χ0) is 11.9. The van der Waals surface area contributed by atoms with Gasteiger partial charge in [-0.3, -0.25) is 4.79 Å². The van der Waals surface area contributed by atoms with Gasteiger partial charge in [-0.2, -0.15) is 5.26 Å². The molecule has 0 spiro atoms. The molecule has 1 aliphatic rings. The van der Waals surface area contributed by atoms with Crippen LogP contribution in [0.1, 0.15) is 18.4 Å². The highest BCUT2D eigenvalue weighted by Gasteiger charge is 2.48. The van der Waals surface area contributed by atoms with E-state index in [0.29, 0.717) is 0 Å². The van der Waals surface area contributed by atoms with Crippen molar-refractivity contribution in [3.63, 3.8) is 0 Å². The second kappa shape index (κ2) is 3.63. The van der Waals surface area contributed by atoms with Crippen LogP contribution in [0.5, 0.6) is 0 Å². The summed E-state index contributed by atoms with van der Waals surface area (Å²) in [6.07, 6.45) is -0.224. The van der Waals surface area contributed by atoms with Crippen molar-refractivity contribution in [3.8, 4) is 6.07 Å². The highest BCUT2D eigenvalue weighted by atomic mass is 79.9. The van der Waals surface area contributed by atoms with Crippen LogP contribution < -0.4 is 0 Å². The Morgan fingerprint density at radius 3 is 2.19 bits per heavy atom. The Kier molecular flexibility index (Phi) is 2.55. The van der Waals surface area contributed by atoms with E-state index in [2.05, 4.69) is 15.9 Å². The minimum Gasteiger partial charge on any atom is -0.300 e. The molecule has 0 N–H and O–H groups in total. The van der Waals surface area contributed by atoms with Crippen LogP contribution in [-0.2, 0) is 10.2 Å². The number of benzene rings is 1. The van der Waals surface area contributed by atoms with Crippen molar-refractivity contribution in [1.82, 2.24) is 0 Å². The molecule has 16 heavy (non-hydrogen) atoms. The van der Waals surface area contributed by atoms with Gasteiger partial charge in [0.1, 0.15) is 22.8 Å². The maximum atomic E-state index is 13.6. The summed E-state index contributed by atoms with van der Waals surface area (Å²) in [5.41, 5.74) is -1.61. The van der Waals surface area contributed by atoms with Crippen LogP contribution in [-0.4, -0.2) is 5.78 Å². The Hall–Kier alpha value is -1.28. The average Bonchev–Trinajstić information content (AvgIpc) is 2.12. The summed E-state index contributed by atoms with van der Waals surface area (Å²) < 4.78 is 27.5. The molecule has 1 saturated carbocycles. The number of nitriles is 1. The molecule has 0 amide bonds. The Morgan fingerprint density at radius 2 is 1.81 bits per heavy atom. The second-order valence-electron chi connectivity index (χ2n) is 3.83. The highest BCUT2D eigenvalue weighted by Crippen LogP contribution is 2.43. The van der Waals surface area contributed by atoms with Crippen molar-refractivity contribution in [2.24, 2.45) is 0 Å². The third-order valence-corrected chi connectivity index (χ3v) is 3.16. The summed E-state index contributed by atoms with van der Waals surface area (Å²) in [6.45, 7) is 0. The van der Waals surface area contributed by atoms with E-state index in [0.717, 1.165) is 12.1 Å². The predicted octanol–water partition coefficient (Wildman–Crippen LogP) is 2.85. The zero-order valence-electron chi connectivity index (χ0n) is 8.06. The molecule has 0 aliphatic heterocycles. The Labute approximate surface area is 99.0 Å². The van der Waals surface area contributed by atoms with Crippen LogP contribution in [0, 0.1) is 23.0 Å². The molecular formula is C11H6BrF2NO. The molecule has 2 nitrogen and oxygen atoms in total. The first-order valence-electron chi connectivity index (χ1n) is 4.56. The summed E-state index contributed by atoms with van der Waals surface area (Å²) >= 11 is 2.96. The van der Waals surface area contributed by atoms with Gasteiger partial charge in [-0.05, 0) is 12.1 Å². The van der Waals surface area contributed by atoms with E-state index in [1.165, 1.54) is 0 Å². The number of carbonyl (C=O) groups excluding carboxylic acids is 1. The molecule has 1 aliphatic carbocycles.